The maximum atomic E-state index is 11.0. The van der Waals surface area contributed by atoms with E-state index in [1.807, 2.05) is 0 Å². The third kappa shape index (κ3) is 5.36. The van der Waals surface area contributed by atoms with Crippen LogP contribution in [-0.4, -0.2) is 52.8 Å². The van der Waals surface area contributed by atoms with Crippen molar-refractivity contribution in [1.82, 2.24) is 9.78 Å². The summed E-state index contributed by atoms with van der Waals surface area (Å²) < 4.78 is 11.6. The van der Waals surface area contributed by atoms with Gasteiger partial charge in [0.05, 0.1) is 30.4 Å². The first-order valence-electron chi connectivity index (χ1n) is 6.78. The Hall–Kier alpha value is -1.87. The molecule has 0 aromatic carbocycles. The van der Waals surface area contributed by atoms with Crippen LogP contribution in [0.4, 0.5) is 0 Å². The molecular weight excluding hydrogens is 372 g/mol. The first kappa shape index (κ1) is 19.2. The fourth-order valence-electron chi connectivity index (χ4n) is 1.77. The molecule has 1 aliphatic rings. The minimum atomic E-state index is -1.12. The molecule has 8 nitrogen and oxygen atoms in total. The number of carbonyl (C=O) groups is 2. The molecule has 1 saturated carbocycles. The highest BCUT2D eigenvalue weighted by Crippen LogP contribution is 2.44. The number of hydrogen-bond donors (Lipinski definition) is 2. The number of methoxy groups -OCH3 is 2. The van der Waals surface area contributed by atoms with Crippen LogP contribution in [0.2, 0.25) is 0 Å². The number of hydrogen-bond acceptors (Lipinski definition) is 5. The Labute approximate surface area is 141 Å². The Balaban J connectivity index is 0.000000322. The van der Waals surface area contributed by atoms with Gasteiger partial charge in [0.2, 0.25) is 0 Å². The number of rotatable bonds is 7. The SMILES string of the molecule is C=C(OC)C(=O)O.COCCn1nc(C(=O)O)c(Br)c1C1CC1. The van der Waals surface area contributed by atoms with Crippen molar-refractivity contribution < 1.29 is 29.3 Å². The molecule has 0 saturated heterocycles. The third-order valence-corrected chi connectivity index (χ3v) is 3.87. The Bertz CT molecular complexity index is 594. The van der Waals surface area contributed by atoms with Crippen LogP contribution in [0, 0.1) is 0 Å². The van der Waals surface area contributed by atoms with E-state index in [9.17, 15) is 9.59 Å². The molecule has 0 spiro atoms. The van der Waals surface area contributed by atoms with E-state index in [4.69, 9.17) is 14.9 Å². The summed E-state index contributed by atoms with van der Waals surface area (Å²) in [6, 6.07) is 0. The number of aromatic nitrogens is 2. The molecular formula is C14H19BrN2O6. The van der Waals surface area contributed by atoms with E-state index in [2.05, 4.69) is 32.3 Å². The summed E-state index contributed by atoms with van der Waals surface area (Å²) in [6.07, 6.45) is 2.21. The number of carboxylic acid groups (broad SMARTS) is 2. The van der Waals surface area contributed by atoms with Gasteiger partial charge >= 0.3 is 11.9 Å². The lowest BCUT2D eigenvalue weighted by atomic mass is 10.2. The summed E-state index contributed by atoms with van der Waals surface area (Å²) in [6.45, 7) is 4.18. The van der Waals surface area contributed by atoms with Crippen LogP contribution in [0.15, 0.2) is 16.8 Å². The van der Waals surface area contributed by atoms with Crippen molar-refractivity contribution in [3.63, 3.8) is 0 Å². The quantitative estimate of drug-likeness (QED) is 0.541. The van der Waals surface area contributed by atoms with Gasteiger partial charge in [-0.15, -0.1) is 0 Å². The van der Waals surface area contributed by atoms with Gasteiger partial charge in [-0.2, -0.15) is 5.10 Å². The maximum Gasteiger partial charge on any atom is 0.370 e. The molecule has 23 heavy (non-hydrogen) atoms. The minimum Gasteiger partial charge on any atom is -0.490 e. The maximum absolute atomic E-state index is 11.0. The van der Waals surface area contributed by atoms with Crippen molar-refractivity contribution in [2.45, 2.75) is 25.3 Å². The largest absolute Gasteiger partial charge is 0.490 e. The number of nitrogens with zero attached hydrogens (tertiary/aromatic N) is 2. The molecule has 1 aromatic rings. The zero-order chi connectivity index (χ0) is 17.6. The van der Waals surface area contributed by atoms with Crippen molar-refractivity contribution in [2.24, 2.45) is 0 Å². The predicted molar refractivity (Wildman–Crippen MR) is 84.5 cm³/mol. The first-order valence-corrected chi connectivity index (χ1v) is 7.57. The van der Waals surface area contributed by atoms with Crippen LogP contribution in [0.3, 0.4) is 0 Å². The lowest BCUT2D eigenvalue weighted by molar-refractivity contribution is -0.136. The average molecular weight is 391 g/mol. The highest BCUT2D eigenvalue weighted by molar-refractivity contribution is 9.10. The summed E-state index contributed by atoms with van der Waals surface area (Å²) in [4.78, 5) is 20.7. The summed E-state index contributed by atoms with van der Waals surface area (Å²) in [5, 5.41) is 21.0. The molecule has 1 aliphatic carbocycles. The topological polar surface area (TPSA) is 111 Å². The van der Waals surface area contributed by atoms with Crippen LogP contribution >= 0.6 is 15.9 Å². The highest BCUT2D eigenvalue weighted by atomic mass is 79.9. The fraction of sp³-hybridized carbons (Fsp3) is 0.500. The average Bonchev–Trinajstić information content (AvgIpc) is 3.28. The fourth-order valence-corrected chi connectivity index (χ4v) is 2.55. The monoisotopic (exact) mass is 390 g/mol. The van der Waals surface area contributed by atoms with Gasteiger partial charge < -0.3 is 19.7 Å². The van der Waals surface area contributed by atoms with Gasteiger partial charge in [-0.05, 0) is 35.4 Å². The molecule has 2 rings (SSSR count). The smallest absolute Gasteiger partial charge is 0.370 e. The van der Waals surface area contributed by atoms with Crippen molar-refractivity contribution in [3.8, 4) is 0 Å². The van der Waals surface area contributed by atoms with Gasteiger partial charge in [0, 0.05) is 13.0 Å². The van der Waals surface area contributed by atoms with E-state index in [0.29, 0.717) is 23.5 Å². The Kier molecular flexibility index (Phi) is 7.24. The third-order valence-electron chi connectivity index (χ3n) is 3.09. The summed E-state index contributed by atoms with van der Waals surface area (Å²) in [5.41, 5.74) is 1.09. The number of halogens is 1. The van der Waals surface area contributed by atoms with Crippen LogP contribution in [0.1, 0.15) is 34.9 Å². The number of aromatic carboxylic acids is 1. The molecule has 1 fully saturated rings. The molecule has 128 valence electrons. The van der Waals surface area contributed by atoms with Crippen molar-refractivity contribution in [2.75, 3.05) is 20.8 Å². The molecule has 1 heterocycles. The molecule has 9 heteroatoms. The second-order valence-corrected chi connectivity index (χ2v) is 5.57. The summed E-state index contributed by atoms with van der Waals surface area (Å²) in [7, 11) is 2.88. The van der Waals surface area contributed by atoms with E-state index in [1.54, 1.807) is 11.8 Å². The van der Waals surface area contributed by atoms with E-state index in [-0.39, 0.29) is 11.5 Å². The predicted octanol–water partition coefficient (Wildman–Crippen LogP) is 2.10. The molecule has 0 radical (unpaired) electrons. The Morgan fingerprint density at radius 3 is 2.35 bits per heavy atom. The van der Waals surface area contributed by atoms with Crippen LogP contribution < -0.4 is 0 Å². The van der Waals surface area contributed by atoms with Crippen LogP contribution in [0.5, 0.6) is 0 Å². The van der Waals surface area contributed by atoms with E-state index >= 15 is 0 Å². The summed E-state index contributed by atoms with van der Waals surface area (Å²) >= 11 is 3.33. The van der Waals surface area contributed by atoms with Crippen LogP contribution in [0.25, 0.3) is 0 Å². The molecule has 0 unspecified atom stereocenters. The number of aliphatic carboxylic acids is 1. The van der Waals surface area contributed by atoms with Crippen molar-refractivity contribution in [3.05, 3.63) is 28.2 Å². The number of carboxylic acids is 2. The zero-order valence-electron chi connectivity index (χ0n) is 12.9. The van der Waals surface area contributed by atoms with Gasteiger partial charge in [-0.3, -0.25) is 4.68 Å². The van der Waals surface area contributed by atoms with E-state index in [0.717, 1.165) is 18.5 Å². The lowest BCUT2D eigenvalue weighted by Crippen LogP contribution is -2.09. The lowest BCUT2D eigenvalue weighted by Gasteiger charge is -2.05. The minimum absolute atomic E-state index is 0.0954. The van der Waals surface area contributed by atoms with Crippen LogP contribution in [-0.2, 0) is 20.8 Å². The van der Waals surface area contributed by atoms with Gasteiger partial charge in [-0.1, -0.05) is 0 Å². The molecule has 0 amide bonds. The Morgan fingerprint density at radius 1 is 1.39 bits per heavy atom. The molecule has 0 bridgehead atoms. The van der Waals surface area contributed by atoms with Gasteiger partial charge in [0.25, 0.3) is 0 Å². The molecule has 0 atom stereocenters. The van der Waals surface area contributed by atoms with Crippen molar-refractivity contribution >= 4 is 27.9 Å². The zero-order valence-corrected chi connectivity index (χ0v) is 14.5. The molecule has 1 aromatic heterocycles. The second kappa shape index (κ2) is 8.68. The highest BCUT2D eigenvalue weighted by Gasteiger charge is 2.33. The standard InChI is InChI=1S/C10H13BrN2O3.C4H6O3/c1-16-5-4-13-9(6-2-3-6)7(11)8(12-13)10(14)15;1-3(7-2)4(5)6/h6H,2-5H2,1H3,(H,14,15);1H2,2H3,(H,5,6). The van der Waals surface area contributed by atoms with Gasteiger partial charge in [-0.25, -0.2) is 9.59 Å². The number of ether oxygens (including phenoxy) is 2. The van der Waals surface area contributed by atoms with E-state index in [1.165, 1.54) is 7.11 Å². The first-order chi connectivity index (χ1) is 10.8. The molecule has 2 N–H and O–H groups in total. The van der Waals surface area contributed by atoms with E-state index < -0.39 is 11.9 Å². The van der Waals surface area contributed by atoms with Gasteiger partial charge in [0.15, 0.2) is 11.5 Å². The molecule has 0 aliphatic heterocycles. The Morgan fingerprint density at radius 2 is 2.00 bits per heavy atom. The second-order valence-electron chi connectivity index (χ2n) is 4.78. The summed E-state index contributed by atoms with van der Waals surface area (Å²) in [5.74, 6) is -1.90. The van der Waals surface area contributed by atoms with Crippen molar-refractivity contribution in [1.29, 1.82) is 0 Å². The van der Waals surface area contributed by atoms with Gasteiger partial charge in [0.1, 0.15) is 0 Å². The normalized spacial score (nSPS) is 13.0.